The van der Waals surface area contributed by atoms with Gasteiger partial charge in [0.2, 0.25) is 0 Å². The van der Waals surface area contributed by atoms with Crippen molar-refractivity contribution >= 4 is 13.9 Å². The first kappa shape index (κ1) is 16.8. The molecule has 2 rings (SSSR count). The van der Waals surface area contributed by atoms with Gasteiger partial charge in [0.05, 0.1) is 0 Å². The highest BCUT2D eigenvalue weighted by atomic mass is 31.1. The molecule has 0 aliphatic rings. The van der Waals surface area contributed by atoms with Gasteiger partial charge in [0.1, 0.15) is 5.82 Å². The number of hydrogen-bond acceptors (Lipinski definition) is 0. The molecule has 1 atom stereocenters. The van der Waals surface area contributed by atoms with Crippen molar-refractivity contribution in [2.75, 3.05) is 6.66 Å². The van der Waals surface area contributed by atoms with E-state index in [-0.39, 0.29) is 5.82 Å². The summed E-state index contributed by atoms with van der Waals surface area (Å²) in [6.45, 7) is 8.31. The quantitative estimate of drug-likeness (QED) is 0.650. The molecule has 0 aliphatic carbocycles. The molecule has 2 aromatic carbocycles. The fraction of sp³-hybridized carbons (Fsp3) is 0.250. The standard InChI is InChI=1S/C8H11P.C6H5F.C2H6/c1-7-3-5-8(9-2)6-4-7;7-6-4-2-1-3-5-6;1-2/h3-6,9H,1-2H3;1-5H;1-2H3. The minimum atomic E-state index is -0.178. The van der Waals surface area contributed by atoms with Crippen molar-refractivity contribution in [3.63, 3.8) is 0 Å². The molecule has 0 heterocycles. The monoisotopic (exact) mass is 264 g/mol. The molecule has 0 aromatic heterocycles. The summed E-state index contributed by atoms with van der Waals surface area (Å²) in [5.74, 6) is -0.178. The molecular formula is C16H22FP. The first-order chi connectivity index (χ1) is 8.72. The number of benzene rings is 2. The van der Waals surface area contributed by atoms with Gasteiger partial charge in [0.15, 0.2) is 0 Å². The molecule has 0 aliphatic heterocycles. The van der Waals surface area contributed by atoms with Crippen molar-refractivity contribution in [2.24, 2.45) is 0 Å². The molecule has 0 bridgehead atoms. The van der Waals surface area contributed by atoms with Crippen LogP contribution in [0.3, 0.4) is 0 Å². The summed E-state index contributed by atoms with van der Waals surface area (Å²) in [5, 5.41) is 1.45. The molecule has 0 spiro atoms. The van der Waals surface area contributed by atoms with E-state index in [2.05, 4.69) is 37.9 Å². The smallest absolute Gasteiger partial charge is 0.123 e. The summed E-state index contributed by atoms with van der Waals surface area (Å²) < 4.78 is 11.9. The second-order valence-electron chi connectivity index (χ2n) is 3.41. The molecule has 0 radical (unpaired) electrons. The van der Waals surface area contributed by atoms with Gasteiger partial charge < -0.3 is 0 Å². The van der Waals surface area contributed by atoms with Crippen molar-refractivity contribution in [2.45, 2.75) is 20.8 Å². The average Bonchev–Trinajstić information content (AvgIpc) is 2.43. The highest BCUT2D eigenvalue weighted by molar-refractivity contribution is 7.46. The molecule has 2 aromatic rings. The molecule has 98 valence electrons. The predicted molar refractivity (Wildman–Crippen MR) is 82.8 cm³/mol. The van der Waals surface area contributed by atoms with Crippen molar-refractivity contribution < 1.29 is 4.39 Å². The van der Waals surface area contributed by atoms with Crippen LogP contribution in [-0.2, 0) is 0 Å². The van der Waals surface area contributed by atoms with E-state index in [1.807, 2.05) is 13.8 Å². The molecular weight excluding hydrogens is 242 g/mol. The van der Waals surface area contributed by atoms with Gasteiger partial charge in [-0.25, -0.2) is 4.39 Å². The third kappa shape index (κ3) is 7.97. The van der Waals surface area contributed by atoms with Crippen LogP contribution in [0, 0.1) is 12.7 Å². The van der Waals surface area contributed by atoms with E-state index in [9.17, 15) is 4.39 Å². The molecule has 0 saturated heterocycles. The van der Waals surface area contributed by atoms with Crippen LogP contribution in [0.4, 0.5) is 4.39 Å². The van der Waals surface area contributed by atoms with Crippen molar-refractivity contribution in [3.05, 3.63) is 66.0 Å². The lowest BCUT2D eigenvalue weighted by atomic mass is 10.2. The van der Waals surface area contributed by atoms with Crippen LogP contribution in [0.2, 0.25) is 0 Å². The van der Waals surface area contributed by atoms with Crippen LogP contribution in [0.5, 0.6) is 0 Å². The Balaban J connectivity index is 0.000000289. The largest absolute Gasteiger partial charge is 0.207 e. The number of aryl methyl sites for hydroxylation is 1. The van der Waals surface area contributed by atoms with Gasteiger partial charge in [-0.2, -0.15) is 0 Å². The van der Waals surface area contributed by atoms with Gasteiger partial charge in [0.25, 0.3) is 0 Å². The minimum Gasteiger partial charge on any atom is -0.207 e. The number of halogens is 1. The Labute approximate surface area is 112 Å². The Kier molecular flexibility index (Phi) is 10.2. The van der Waals surface area contributed by atoms with E-state index in [1.54, 1.807) is 18.2 Å². The second-order valence-corrected chi connectivity index (χ2v) is 4.49. The summed E-state index contributed by atoms with van der Waals surface area (Å²) in [6, 6.07) is 16.6. The SMILES string of the molecule is CC.CPc1ccc(C)cc1.Fc1ccccc1. The van der Waals surface area contributed by atoms with Gasteiger partial charge in [-0.05, 0) is 31.0 Å². The second kappa shape index (κ2) is 10.9. The third-order valence-electron chi connectivity index (χ3n) is 2.07. The lowest BCUT2D eigenvalue weighted by Crippen LogP contribution is -1.90. The van der Waals surface area contributed by atoms with Crippen LogP contribution in [0.1, 0.15) is 19.4 Å². The Morgan fingerprint density at radius 1 is 0.833 bits per heavy atom. The molecule has 0 amide bonds. The summed E-state index contributed by atoms with van der Waals surface area (Å²) >= 11 is 0. The molecule has 0 N–H and O–H groups in total. The Bertz CT molecular complexity index is 395. The van der Waals surface area contributed by atoms with E-state index in [0.29, 0.717) is 0 Å². The van der Waals surface area contributed by atoms with Crippen LogP contribution in [-0.4, -0.2) is 6.66 Å². The minimum absolute atomic E-state index is 0.178. The first-order valence-corrected chi connectivity index (χ1v) is 7.67. The third-order valence-corrected chi connectivity index (χ3v) is 2.98. The number of hydrogen-bond donors (Lipinski definition) is 0. The normalized spacial score (nSPS) is 9.17. The van der Waals surface area contributed by atoms with Crippen LogP contribution in [0.15, 0.2) is 54.6 Å². The van der Waals surface area contributed by atoms with E-state index in [0.717, 1.165) is 8.58 Å². The molecule has 18 heavy (non-hydrogen) atoms. The van der Waals surface area contributed by atoms with Crippen LogP contribution in [0.25, 0.3) is 0 Å². The summed E-state index contributed by atoms with van der Waals surface area (Å²) in [7, 11) is 0.926. The van der Waals surface area contributed by atoms with E-state index in [4.69, 9.17) is 0 Å². The zero-order chi connectivity index (χ0) is 13.8. The van der Waals surface area contributed by atoms with Crippen LogP contribution >= 0.6 is 8.58 Å². The zero-order valence-corrected chi connectivity index (χ0v) is 12.6. The maximum absolute atomic E-state index is 11.9. The predicted octanol–water partition coefficient (Wildman–Crippen LogP) is 4.78. The maximum atomic E-state index is 11.9. The topological polar surface area (TPSA) is 0 Å². The van der Waals surface area contributed by atoms with Crippen molar-refractivity contribution in [1.82, 2.24) is 0 Å². The summed E-state index contributed by atoms with van der Waals surface area (Å²) in [5.41, 5.74) is 1.34. The van der Waals surface area contributed by atoms with E-state index >= 15 is 0 Å². The highest BCUT2D eigenvalue weighted by Gasteiger charge is 1.84. The lowest BCUT2D eigenvalue weighted by molar-refractivity contribution is 0.628. The van der Waals surface area contributed by atoms with E-state index < -0.39 is 0 Å². The Morgan fingerprint density at radius 3 is 1.67 bits per heavy atom. The lowest BCUT2D eigenvalue weighted by Gasteiger charge is -1.94. The fourth-order valence-corrected chi connectivity index (χ4v) is 1.63. The molecule has 1 unspecified atom stereocenters. The highest BCUT2D eigenvalue weighted by Crippen LogP contribution is 2.03. The van der Waals surface area contributed by atoms with Crippen LogP contribution < -0.4 is 5.30 Å². The first-order valence-electron chi connectivity index (χ1n) is 6.17. The van der Waals surface area contributed by atoms with Gasteiger partial charge in [-0.15, -0.1) is 0 Å². The molecule has 2 heteroatoms. The molecule has 0 nitrogen and oxygen atoms in total. The molecule has 0 saturated carbocycles. The summed E-state index contributed by atoms with van der Waals surface area (Å²) in [4.78, 5) is 0. The van der Waals surface area contributed by atoms with Crippen molar-refractivity contribution in [3.8, 4) is 0 Å². The Morgan fingerprint density at radius 2 is 1.33 bits per heavy atom. The van der Waals surface area contributed by atoms with Gasteiger partial charge in [-0.3, -0.25) is 0 Å². The average molecular weight is 264 g/mol. The number of rotatable bonds is 1. The maximum Gasteiger partial charge on any atom is 0.123 e. The van der Waals surface area contributed by atoms with Gasteiger partial charge in [-0.1, -0.05) is 70.5 Å². The summed E-state index contributed by atoms with van der Waals surface area (Å²) in [6.07, 6.45) is 0. The zero-order valence-electron chi connectivity index (χ0n) is 11.6. The van der Waals surface area contributed by atoms with E-state index in [1.165, 1.54) is 23.0 Å². The Hall–Kier alpha value is -1.20. The van der Waals surface area contributed by atoms with Gasteiger partial charge >= 0.3 is 0 Å². The van der Waals surface area contributed by atoms with Crippen molar-refractivity contribution in [1.29, 1.82) is 0 Å². The molecule has 0 fully saturated rings. The van der Waals surface area contributed by atoms with Gasteiger partial charge in [0, 0.05) is 0 Å². The fourth-order valence-electron chi connectivity index (χ4n) is 1.13.